The first-order chi connectivity index (χ1) is 16.7. The first kappa shape index (κ1) is 29.1. The van der Waals surface area contributed by atoms with Crippen molar-refractivity contribution in [3.8, 4) is 5.75 Å². The zero-order valence-electron chi connectivity index (χ0n) is 21.7. The molecule has 0 spiro atoms. The van der Waals surface area contributed by atoms with E-state index in [4.69, 9.17) is 4.74 Å². The highest BCUT2D eigenvalue weighted by atomic mass is 32.2. The third-order valence-electron chi connectivity index (χ3n) is 5.43. The van der Waals surface area contributed by atoms with Crippen LogP contribution in [-0.2, 0) is 26.2 Å². The molecule has 2 aromatic carbocycles. The molecule has 2 rings (SSSR count). The Labute approximate surface area is 213 Å². The maximum Gasteiger partial charge on any atom is 0.242 e. The maximum absolute atomic E-state index is 13.4. The van der Waals surface area contributed by atoms with Gasteiger partial charge in [0.15, 0.2) is 0 Å². The van der Waals surface area contributed by atoms with Crippen molar-refractivity contribution in [2.45, 2.75) is 58.7 Å². The molecule has 0 unspecified atom stereocenters. The van der Waals surface area contributed by atoms with Crippen LogP contribution in [0.1, 0.15) is 46.1 Å². The molecule has 0 heterocycles. The number of sulfonamides is 1. The van der Waals surface area contributed by atoms with Gasteiger partial charge in [-0.3, -0.25) is 13.9 Å². The Kier molecular flexibility index (Phi) is 9.86. The SMILES string of the molecule is COc1cccc(N(CCCC(=O)N(Cc2ccc(F)cc2)[C@@H](C)C(=O)NC(C)(C)C)S(C)(=O)=O)c1. The number of methoxy groups -OCH3 is 1. The average Bonchev–Trinajstić information content (AvgIpc) is 2.79. The number of nitrogens with zero attached hydrogens (tertiary/aromatic N) is 2. The minimum Gasteiger partial charge on any atom is -0.497 e. The number of hydrogen-bond acceptors (Lipinski definition) is 5. The van der Waals surface area contributed by atoms with Crippen molar-refractivity contribution < 1.29 is 27.1 Å². The molecular formula is C26H36FN3O5S. The Morgan fingerprint density at radius 1 is 1.11 bits per heavy atom. The molecule has 1 N–H and O–H groups in total. The monoisotopic (exact) mass is 521 g/mol. The second-order valence-electron chi connectivity index (χ2n) is 9.70. The van der Waals surface area contributed by atoms with E-state index < -0.39 is 27.4 Å². The maximum atomic E-state index is 13.4. The number of ether oxygens (including phenoxy) is 1. The minimum absolute atomic E-state index is 0.0182. The van der Waals surface area contributed by atoms with Gasteiger partial charge in [-0.15, -0.1) is 0 Å². The molecule has 8 nitrogen and oxygen atoms in total. The molecule has 0 aromatic heterocycles. The lowest BCUT2D eigenvalue weighted by molar-refractivity contribution is -0.141. The van der Waals surface area contributed by atoms with Gasteiger partial charge in [-0.05, 0) is 63.9 Å². The van der Waals surface area contributed by atoms with Gasteiger partial charge in [0.05, 0.1) is 19.1 Å². The molecule has 1 atom stereocenters. The fourth-order valence-corrected chi connectivity index (χ4v) is 4.57. The summed E-state index contributed by atoms with van der Waals surface area (Å²) < 4.78 is 44.7. The highest BCUT2D eigenvalue weighted by molar-refractivity contribution is 7.92. The number of anilines is 1. The number of nitrogens with one attached hydrogen (secondary N) is 1. The molecule has 0 aliphatic rings. The van der Waals surface area contributed by atoms with Crippen molar-refractivity contribution in [2.24, 2.45) is 0 Å². The number of hydrogen-bond donors (Lipinski definition) is 1. The van der Waals surface area contributed by atoms with Crippen LogP contribution in [0.4, 0.5) is 10.1 Å². The van der Waals surface area contributed by atoms with E-state index in [1.165, 1.54) is 28.4 Å². The molecule has 0 aliphatic carbocycles. The molecule has 2 amide bonds. The van der Waals surface area contributed by atoms with E-state index >= 15 is 0 Å². The van der Waals surface area contributed by atoms with E-state index in [1.54, 1.807) is 43.3 Å². The summed E-state index contributed by atoms with van der Waals surface area (Å²) in [5.74, 6) is -0.503. The Balaban J connectivity index is 2.19. The topological polar surface area (TPSA) is 96.0 Å². The molecule has 0 fully saturated rings. The fraction of sp³-hybridized carbons (Fsp3) is 0.462. The molecule has 36 heavy (non-hydrogen) atoms. The summed E-state index contributed by atoms with van der Waals surface area (Å²) in [5.41, 5.74) is 0.627. The first-order valence-electron chi connectivity index (χ1n) is 11.7. The van der Waals surface area contributed by atoms with Gasteiger partial charge in [0, 0.05) is 31.1 Å². The van der Waals surface area contributed by atoms with Crippen LogP contribution in [0.25, 0.3) is 0 Å². The van der Waals surface area contributed by atoms with Crippen molar-refractivity contribution >= 4 is 27.5 Å². The Bertz CT molecular complexity index is 1150. The van der Waals surface area contributed by atoms with Crippen LogP contribution in [-0.4, -0.2) is 56.6 Å². The van der Waals surface area contributed by atoms with Crippen LogP contribution >= 0.6 is 0 Å². The molecule has 0 bridgehead atoms. The second kappa shape index (κ2) is 12.2. The van der Waals surface area contributed by atoms with Crippen molar-refractivity contribution in [3.63, 3.8) is 0 Å². The Hall–Kier alpha value is -3.14. The van der Waals surface area contributed by atoms with Crippen molar-refractivity contribution in [3.05, 3.63) is 59.9 Å². The molecule has 0 saturated carbocycles. The molecule has 0 aliphatic heterocycles. The smallest absolute Gasteiger partial charge is 0.242 e. The normalized spacial score (nSPS) is 12.5. The van der Waals surface area contributed by atoms with Gasteiger partial charge in [0.1, 0.15) is 17.6 Å². The number of amides is 2. The van der Waals surface area contributed by atoms with Crippen LogP contribution in [0.15, 0.2) is 48.5 Å². The lowest BCUT2D eigenvalue weighted by Gasteiger charge is -2.32. The third-order valence-corrected chi connectivity index (χ3v) is 6.62. The van der Waals surface area contributed by atoms with Gasteiger partial charge in [-0.2, -0.15) is 0 Å². The van der Waals surface area contributed by atoms with Crippen LogP contribution < -0.4 is 14.4 Å². The van der Waals surface area contributed by atoms with E-state index in [-0.39, 0.29) is 37.7 Å². The van der Waals surface area contributed by atoms with Gasteiger partial charge in [-0.1, -0.05) is 18.2 Å². The number of carbonyl (C=O) groups is 2. The highest BCUT2D eigenvalue weighted by Crippen LogP contribution is 2.24. The van der Waals surface area contributed by atoms with Crippen LogP contribution in [0.3, 0.4) is 0 Å². The second-order valence-corrected chi connectivity index (χ2v) is 11.6. The summed E-state index contributed by atoms with van der Waals surface area (Å²) in [5, 5.41) is 2.88. The minimum atomic E-state index is -3.61. The summed E-state index contributed by atoms with van der Waals surface area (Å²) >= 11 is 0. The number of halogens is 1. The van der Waals surface area contributed by atoms with Gasteiger partial charge in [-0.25, -0.2) is 12.8 Å². The van der Waals surface area contributed by atoms with Crippen molar-refractivity contribution in [2.75, 3.05) is 24.2 Å². The quantitative estimate of drug-likeness (QED) is 0.486. The fourth-order valence-electron chi connectivity index (χ4n) is 3.61. The lowest BCUT2D eigenvalue weighted by atomic mass is 10.1. The van der Waals surface area contributed by atoms with E-state index in [9.17, 15) is 22.4 Å². The average molecular weight is 522 g/mol. The van der Waals surface area contributed by atoms with E-state index in [0.29, 0.717) is 17.0 Å². The first-order valence-corrected chi connectivity index (χ1v) is 13.5. The number of benzene rings is 2. The van der Waals surface area contributed by atoms with E-state index in [0.717, 1.165) is 6.26 Å². The summed E-state index contributed by atoms with van der Waals surface area (Å²) in [6, 6.07) is 11.6. The molecule has 198 valence electrons. The van der Waals surface area contributed by atoms with E-state index in [1.807, 2.05) is 20.8 Å². The van der Waals surface area contributed by atoms with Gasteiger partial charge >= 0.3 is 0 Å². The summed E-state index contributed by atoms with van der Waals surface area (Å²) in [6.07, 6.45) is 1.36. The van der Waals surface area contributed by atoms with Gasteiger partial charge < -0.3 is 15.0 Å². The lowest BCUT2D eigenvalue weighted by Crippen LogP contribution is -2.52. The predicted molar refractivity (Wildman–Crippen MR) is 139 cm³/mol. The van der Waals surface area contributed by atoms with Crippen molar-refractivity contribution in [1.82, 2.24) is 10.2 Å². The number of carbonyl (C=O) groups excluding carboxylic acids is 2. The summed E-state index contributed by atoms with van der Waals surface area (Å²) in [6.45, 7) is 7.38. The largest absolute Gasteiger partial charge is 0.497 e. The van der Waals surface area contributed by atoms with Crippen molar-refractivity contribution in [1.29, 1.82) is 0 Å². The molecule has 0 radical (unpaired) electrons. The Morgan fingerprint density at radius 2 is 1.75 bits per heavy atom. The van der Waals surface area contributed by atoms with Gasteiger partial charge in [0.2, 0.25) is 21.8 Å². The Morgan fingerprint density at radius 3 is 2.31 bits per heavy atom. The molecule has 2 aromatic rings. The van der Waals surface area contributed by atoms with E-state index in [2.05, 4.69) is 5.32 Å². The summed E-state index contributed by atoms with van der Waals surface area (Å²) in [7, 11) is -2.12. The molecular weight excluding hydrogens is 485 g/mol. The molecule has 0 saturated heterocycles. The van der Waals surface area contributed by atoms with Gasteiger partial charge in [0.25, 0.3) is 0 Å². The zero-order chi connectivity index (χ0) is 27.1. The number of rotatable bonds is 11. The van der Waals surface area contributed by atoms with Crippen LogP contribution in [0, 0.1) is 5.82 Å². The summed E-state index contributed by atoms with van der Waals surface area (Å²) in [4.78, 5) is 27.6. The molecule has 10 heteroatoms. The third kappa shape index (κ3) is 8.82. The highest BCUT2D eigenvalue weighted by Gasteiger charge is 2.28. The van der Waals surface area contributed by atoms with Crippen LogP contribution in [0.2, 0.25) is 0 Å². The van der Waals surface area contributed by atoms with Crippen LogP contribution in [0.5, 0.6) is 5.75 Å². The standard InChI is InChI=1S/C26H36FN3O5S/c1-19(25(32)28-26(2,3)4)29(18-20-12-14-21(27)15-13-20)24(31)11-8-16-30(36(6,33)34)22-9-7-10-23(17-22)35-5/h7,9-10,12-15,17,19H,8,11,16,18H2,1-6H3,(H,28,32)/t19-/m0/s1. The zero-order valence-corrected chi connectivity index (χ0v) is 22.6. The predicted octanol–water partition coefficient (Wildman–Crippen LogP) is 3.71.